The Bertz CT molecular complexity index is 805. The van der Waals surface area contributed by atoms with Crippen LogP contribution in [0.15, 0.2) is 10.2 Å². The quantitative estimate of drug-likeness (QED) is 0.0699. The fraction of sp³-hybridized carbons (Fsp3) is 0. The van der Waals surface area contributed by atoms with Crippen molar-refractivity contribution in [1.29, 1.82) is 0 Å². The van der Waals surface area contributed by atoms with Gasteiger partial charge < -0.3 is 22.9 Å². The maximum atomic E-state index is 10.1. The van der Waals surface area contributed by atoms with E-state index >= 15 is 0 Å². The van der Waals surface area contributed by atoms with Crippen LogP contribution in [0.2, 0.25) is 0 Å². The lowest BCUT2D eigenvalue weighted by atomic mass is 11.1. The molecule has 0 heterocycles. The maximum Gasteiger partial charge on any atom is 0.432 e. The van der Waals surface area contributed by atoms with E-state index in [-0.39, 0.29) is 0 Å². The van der Waals surface area contributed by atoms with Crippen molar-refractivity contribution in [3.63, 3.8) is 0 Å². The molecule has 0 rings (SSSR count). The van der Waals surface area contributed by atoms with E-state index in [2.05, 4.69) is 40.4 Å². The first-order chi connectivity index (χ1) is 11.7. The smallest absolute Gasteiger partial charge is 0.365 e. The van der Waals surface area contributed by atoms with Gasteiger partial charge in [0.1, 0.15) is 0 Å². The summed E-state index contributed by atoms with van der Waals surface area (Å²) in [6.45, 7) is 0. The van der Waals surface area contributed by atoms with Crippen LogP contribution < -0.4 is 22.9 Å². The van der Waals surface area contributed by atoms with Gasteiger partial charge in [-0.05, 0) is 0 Å². The Labute approximate surface area is 148 Å². The zero-order chi connectivity index (χ0) is 22.6. The van der Waals surface area contributed by atoms with Crippen LogP contribution in [-0.2, 0) is 38.5 Å². The van der Waals surface area contributed by atoms with Gasteiger partial charge in [-0.25, -0.2) is 20.2 Å². The summed E-state index contributed by atoms with van der Waals surface area (Å²) in [5.41, 5.74) is 18.3. The number of hydrazone groups is 2. The summed E-state index contributed by atoms with van der Waals surface area (Å²) < 4.78 is 80.2. The van der Waals surface area contributed by atoms with E-state index < -0.39 is 53.2 Å². The standard InChI is InChI=1S/2CH4N4O2.H2O10S3/c2*2-1(3)4-5(6)7;1-11(2,3)9-13(7,8)10-12(4,5)6/h2*(H4,2,3,4);(H,1,2,3)(H,4,5,6). The van der Waals surface area contributed by atoms with Crippen molar-refractivity contribution < 1.29 is 51.7 Å². The maximum absolute atomic E-state index is 10.1. The van der Waals surface area contributed by atoms with Crippen molar-refractivity contribution in [2.45, 2.75) is 0 Å². The summed E-state index contributed by atoms with van der Waals surface area (Å²) in [7, 11) is -16.5. The minimum absolute atomic E-state index is 0.537. The molecular weight excluding hydrogens is 456 g/mol. The second-order valence-electron chi connectivity index (χ2n) is 2.93. The summed E-state index contributed by atoms with van der Waals surface area (Å²) in [6, 6.07) is 0. The van der Waals surface area contributed by atoms with Gasteiger partial charge in [0.2, 0.25) is 0 Å². The fourth-order valence-electron chi connectivity index (χ4n) is 0.411. The van der Waals surface area contributed by atoms with Crippen molar-refractivity contribution in [2.75, 3.05) is 0 Å². The number of rotatable bonds is 6. The Morgan fingerprint density at radius 2 is 0.963 bits per heavy atom. The summed E-state index contributed by atoms with van der Waals surface area (Å²) in [4.78, 5) is 18.5. The lowest BCUT2D eigenvalue weighted by molar-refractivity contribution is -0.485. The van der Waals surface area contributed by atoms with Crippen molar-refractivity contribution in [2.24, 2.45) is 33.1 Å². The van der Waals surface area contributed by atoms with E-state index in [0.717, 1.165) is 0 Å². The second-order valence-corrected chi connectivity index (χ2v) is 6.54. The van der Waals surface area contributed by atoms with Gasteiger partial charge in [-0.15, -0.1) is 0 Å². The zero-order valence-corrected chi connectivity index (χ0v) is 14.6. The first-order valence-electron chi connectivity index (χ1n) is 4.76. The molecule has 0 aliphatic rings. The lowest BCUT2D eigenvalue weighted by Gasteiger charge is -1.97. The number of hydrogen-bond donors (Lipinski definition) is 6. The van der Waals surface area contributed by atoms with Crippen LogP contribution in [-0.4, -0.2) is 56.3 Å². The molecule has 0 unspecified atom stereocenters. The topological polar surface area (TPSA) is 376 Å². The Kier molecular flexibility index (Phi) is 12.4. The van der Waals surface area contributed by atoms with Crippen LogP contribution in [0, 0.1) is 20.2 Å². The summed E-state index contributed by atoms with van der Waals surface area (Å²) >= 11 is 0. The Balaban J connectivity index is -0.000000350. The van der Waals surface area contributed by atoms with E-state index in [4.69, 9.17) is 9.11 Å². The zero-order valence-electron chi connectivity index (χ0n) is 12.1. The van der Waals surface area contributed by atoms with Crippen molar-refractivity contribution >= 4 is 43.1 Å². The minimum atomic E-state index is -5.57. The van der Waals surface area contributed by atoms with E-state index in [9.17, 15) is 45.5 Å². The van der Waals surface area contributed by atoms with Crippen LogP contribution in [0.25, 0.3) is 0 Å². The fourth-order valence-corrected chi connectivity index (χ4v) is 2.39. The summed E-state index contributed by atoms with van der Waals surface area (Å²) in [5, 5.41) is 21.6. The van der Waals surface area contributed by atoms with E-state index in [1.54, 1.807) is 0 Å². The van der Waals surface area contributed by atoms with E-state index in [1.807, 2.05) is 0 Å². The Morgan fingerprint density at radius 1 is 0.741 bits per heavy atom. The molecule has 0 fully saturated rings. The third kappa shape index (κ3) is 35.1. The molecule has 0 aliphatic carbocycles. The highest BCUT2D eigenvalue weighted by molar-refractivity contribution is 8.00. The van der Waals surface area contributed by atoms with Crippen molar-refractivity contribution in [3.05, 3.63) is 20.2 Å². The molecule has 0 radical (unpaired) electrons. The van der Waals surface area contributed by atoms with Crippen molar-refractivity contribution in [3.8, 4) is 0 Å². The number of nitro groups is 2. The summed E-state index contributed by atoms with van der Waals surface area (Å²) in [5.74, 6) is -1.07. The first kappa shape index (κ1) is 28.8. The molecule has 0 spiro atoms. The Hall–Kier alpha value is -2.97. The number of nitrogens with zero attached hydrogens (tertiary/aromatic N) is 4. The van der Waals surface area contributed by atoms with Gasteiger partial charge in [0, 0.05) is 0 Å². The largest absolute Gasteiger partial charge is 0.432 e. The van der Waals surface area contributed by atoms with Crippen LogP contribution in [0.1, 0.15) is 0 Å². The second kappa shape index (κ2) is 11.6. The van der Waals surface area contributed by atoms with Gasteiger partial charge in [0.25, 0.3) is 11.9 Å². The molecule has 22 nitrogen and oxygen atoms in total. The minimum Gasteiger partial charge on any atom is -0.365 e. The van der Waals surface area contributed by atoms with Gasteiger partial charge in [-0.1, -0.05) is 7.26 Å². The molecule has 0 saturated carbocycles. The van der Waals surface area contributed by atoms with Gasteiger partial charge in [-0.2, -0.15) is 25.3 Å². The number of nitrogens with two attached hydrogens (primary N) is 4. The SMILES string of the molecule is NC(N)=N[N+](=O)[O-].NC(N)=N[N+](=O)[O-].O=S(=O)(O)OS(=O)(=O)OS(=O)(=O)O. The van der Waals surface area contributed by atoms with Gasteiger partial charge in [-0.3, -0.25) is 9.11 Å². The third-order valence-corrected chi connectivity index (χ3v) is 3.44. The first-order valence-corrected chi connectivity index (χ1v) is 8.83. The highest BCUT2D eigenvalue weighted by Crippen LogP contribution is 2.03. The van der Waals surface area contributed by atoms with Crippen LogP contribution in [0.5, 0.6) is 0 Å². The molecule has 27 heavy (non-hydrogen) atoms. The summed E-state index contributed by atoms with van der Waals surface area (Å²) in [6.07, 6.45) is 0. The number of guanidine groups is 2. The normalized spacial score (nSPS) is 10.7. The van der Waals surface area contributed by atoms with Gasteiger partial charge >= 0.3 is 31.2 Å². The predicted octanol–water partition coefficient (Wildman–Crippen LogP) is -5.23. The highest BCUT2D eigenvalue weighted by Gasteiger charge is 2.27. The highest BCUT2D eigenvalue weighted by atomic mass is 32.3. The van der Waals surface area contributed by atoms with Crippen LogP contribution >= 0.6 is 0 Å². The monoisotopic (exact) mass is 466 g/mol. The molecule has 0 aromatic rings. The van der Waals surface area contributed by atoms with Gasteiger partial charge in [0.15, 0.2) is 10.1 Å². The van der Waals surface area contributed by atoms with E-state index in [0.29, 0.717) is 0 Å². The molecule has 0 aromatic carbocycles. The molecule has 0 amide bonds. The molecule has 0 aliphatic heterocycles. The third-order valence-electron chi connectivity index (χ3n) is 0.733. The number of hydrogen-bond acceptors (Lipinski definition) is 12. The van der Waals surface area contributed by atoms with Crippen molar-refractivity contribution in [1.82, 2.24) is 0 Å². The molecule has 0 aromatic heterocycles. The molecule has 10 N–H and O–H groups in total. The van der Waals surface area contributed by atoms with Gasteiger partial charge in [0.05, 0.1) is 10.2 Å². The molecule has 0 atom stereocenters. The molecular formula is C2H10N8O14S3. The average molecular weight is 466 g/mol. The molecule has 160 valence electrons. The van der Waals surface area contributed by atoms with E-state index in [1.165, 1.54) is 0 Å². The van der Waals surface area contributed by atoms with Crippen LogP contribution in [0.4, 0.5) is 0 Å². The molecule has 0 saturated heterocycles. The lowest BCUT2D eigenvalue weighted by Crippen LogP contribution is -2.23. The predicted molar refractivity (Wildman–Crippen MR) is 79.8 cm³/mol. The Morgan fingerprint density at radius 3 is 1.04 bits per heavy atom. The average Bonchev–Trinajstić information content (AvgIpc) is 2.17. The molecule has 0 bridgehead atoms. The molecule has 25 heteroatoms. The van der Waals surface area contributed by atoms with Crippen LogP contribution in [0.3, 0.4) is 0 Å².